The summed E-state index contributed by atoms with van der Waals surface area (Å²) in [6, 6.07) is 30.0. The molecule has 0 N–H and O–H groups in total. The molecular weight excluding hydrogens is 498 g/mol. The summed E-state index contributed by atoms with van der Waals surface area (Å²) < 4.78 is 8.02. The predicted octanol–water partition coefficient (Wildman–Crippen LogP) is 9.83. The average Bonchev–Trinajstić information content (AvgIpc) is 3.72. The molecule has 0 saturated carbocycles. The molecule has 39 heavy (non-hydrogen) atoms. The van der Waals surface area contributed by atoms with Crippen LogP contribution in [0.4, 0.5) is 0 Å². The Balaban J connectivity index is 0.000000484. The van der Waals surface area contributed by atoms with E-state index in [9.17, 15) is 0 Å². The van der Waals surface area contributed by atoms with Gasteiger partial charge in [-0.1, -0.05) is 83.2 Å². The summed E-state index contributed by atoms with van der Waals surface area (Å²) in [6.45, 7) is 14.1. The number of imidazole rings is 3. The molecule has 0 amide bonds. The van der Waals surface area contributed by atoms with Crippen molar-refractivity contribution in [2.45, 2.75) is 48.5 Å². The fraction of sp³-hybridized carbons (Fsp3) is 0.212. The Morgan fingerprint density at radius 3 is 1.90 bits per heavy atom. The summed E-state index contributed by atoms with van der Waals surface area (Å²) in [4.78, 5) is 10.9. The predicted molar refractivity (Wildman–Crippen MR) is 170 cm³/mol. The molecule has 4 aromatic heterocycles. The van der Waals surface area contributed by atoms with Gasteiger partial charge in [-0.05, 0) is 67.1 Å². The highest BCUT2D eigenvalue weighted by molar-refractivity contribution is 7.23. The van der Waals surface area contributed by atoms with Crippen molar-refractivity contribution in [1.29, 1.82) is 0 Å². The maximum Gasteiger partial charge on any atom is 0.220 e. The fourth-order valence-corrected chi connectivity index (χ4v) is 6.15. The van der Waals surface area contributed by atoms with E-state index in [1.54, 1.807) is 11.3 Å². The van der Waals surface area contributed by atoms with Crippen LogP contribution in [-0.4, -0.2) is 23.3 Å². The van der Waals surface area contributed by atoms with Crippen LogP contribution in [-0.2, 0) is 0 Å². The number of hydrogen-bond donors (Lipinski definition) is 0. The standard InChI is InChI=1S/C27H17N5S.3C2H6/c1-16-10-12-22-24(14-16)31-20-8-4-2-6-18(20)28-26(31)30(22)17-11-13-23-25(15-17)33-27-29-19-7-3-5-9-21(19)32(23)27;3*1-2/h2-15H,1H3;3*1-2H3. The molecule has 0 aliphatic rings. The minimum Gasteiger partial charge on any atom is -0.283 e. The first kappa shape index (κ1) is 26.4. The van der Waals surface area contributed by atoms with Crippen molar-refractivity contribution in [2.24, 2.45) is 0 Å². The maximum absolute atomic E-state index is 5.02. The van der Waals surface area contributed by atoms with Crippen molar-refractivity contribution in [3.05, 3.63) is 90.5 Å². The number of para-hydroxylation sites is 4. The van der Waals surface area contributed by atoms with Gasteiger partial charge in [0.25, 0.3) is 0 Å². The second-order valence-corrected chi connectivity index (χ2v) is 9.55. The normalized spacial score (nSPS) is 10.9. The summed E-state index contributed by atoms with van der Waals surface area (Å²) in [6.07, 6.45) is 0. The number of aromatic nitrogens is 5. The van der Waals surface area contributed by atoms with Crippen LogP contribution in [0.25, 0.3) is 59.7 Å². The van der Waals surface area contributed by atoms with Crippen LogP contribution in [0.5, 0.6) is 0 Å². The van der Waals surface area contributed by atoms with Gasteiger partial charge >= 0.3 is 0 Å². The Bertz CT molecular complexity index is 2050. The number of fused-ring (bicyclic) bond motifs is 10. The molecular formula is C33H35N5S. The van der Waals surface area contributed by atoms with E-state index in [0.717, 1.165) is 44.0 Å². The van der Waals surface area contributed by atoms with E-state index in [-0.39, 0.29) is 0 Å². The zero-order valence-corrected chi connectivity index (χ0v) is 24.5. The molecule has 6 heteroatoms. The van der Waals surface area contributed by atoms with E-state index >= 15 is 0 Å². The minimum absolute atomic E-state index is 0.933. The Hall–Kier alpha value is -4.16. The van der Waals surface area contributed by atoms with Gasteiger partial charge < -0.3 is 0 Å². The molecule has 0 spiro atoms. The van der Waals surface area contributed by atoms with Gasteiger partial charge in [0.1, 0.15) is 0 Å². The monoisotopic (exact) mass is 533 g/mol. The molecule has 5 nitrogen and oxygen atoms in total. The molecule has 4 heterocycles. The van der Waals surface area contributed by atoms with Crippen molar-refractivity contribution in [2.75, 3.05) is 0 Å². The van der Waals surface area contributed by atoms with Crippen molar-refractivity contribution >= 4 is 65.4 Å². The third kappa shape index (κ3) is 4.07. The number of aryl methyl sites for hydroxylation is 1. The second kappa shape index (κ2) is 10.9. The maximum atomic E-state index is 5.02. The van der Waals surface area contributed by atoms with Crippen molar-refractivity contribution < 1.29 is 0 Å². The number of thiazole rings is 1. The number of hydrogen-bond acceptors (Lipinski definition) is 3. The van der Waals surface area contributed by atoms with E-state index < -0.39 is 0 Å². The molecule has 0 atom stereocenters. The smallest absolute Gasteiger partial charge is 0.220 e. The second-order valence-electron chi connectivity index (χ2n) is 8.54. The Kier molecular flexibility index (Phi) is 7.40. The van der Waals surface area contributed by atoms with E-state index in [0.29, 0.717) is 0 Å². The summed E-state index contributed by atoms with van der Waals surface area (Å²) in [5, 5.41) is 0. The van der Waals surface area contributed by atoms with Gasteiger partial charge in [-0.15, -0.1) is 0 Å². The van der Waals surface area contributed by atoms with Gasteiger partial charge in [-0.3, -0.25) is 13.4 Å². The SMILES string of the molecule is CC.CC.CC.Cc1ccc2c(c1)n1c3ccccc3nc1n2-c1ccc2c(c1)sc1nc3ccccc3n12. The van der Waals surface area contributed by atoms with Crippen LogP contribution >= 0.6 is 11.3 Å². The van der Waals surface area contributed by atoms with Crippen LogP contribution in [0.15, 0.2) is 84.9 Å². The lowest BCUT2D eigenvalue weighted by Crippen LogP contribution is -1.95. The van der Waals surface area contributed by atoms with Gasteiger partial charge in [0, 0.05) is 0 Å². The summed E-state index contributed by atoms with van der Waals surface area (Å²) in [7, 11) is 0. The van der Waals surface area contributed by atoms with Gasteiger partial charge in [-0.25, -0.2) is 9.97 Å². The molecule has 0 aliphatic heterocycles. The zero-order valence-electron chi connectivity index (χ0n) is 23.7. The topological polar surface area (TPSA) is 39.5 Å². The first-order valence-electron chi connectivity index (χ1n) is 13.9. The van der Waals surface area contributed by atoms with Gasteiger partial charge in [0.2, 0.25) is 5.78 Å². The summed E-state index contributed by atoms with van der Waals surface area (Å²) in [5.41, 5.74) is 10.2. The van der Waals surface area contributed by atoms with Crippen molar-refractivity contribution in [3.63, 3.8) is 0 Å². The molecule has 0 saturated heterocycles. The highest BCUT2D eigenvalue weighted by Gasteiger charge is 2.18. The van der Waals surface area contributed by atoms with E-state index in [1.165, 1.54) is 21.3 Å². The molecule has 0 fully saturated rings. The Labute approximate surface area is 233 Å². The highest BCUT2D eigenvalue weighted by Crippen LogP contribution is 2.34. The minimum atomic E-state index is 0.933. The third-order valence-electron chi connectivity index (χ3n) is 6.53. The first-order chi connectivity index (χ1) is 19.3. The molecule has 0 bridgehead atoms. The number of benzene rings is 4. The fourth-order valence-electron chi connectivity index (χ4n) is 5.08. The van der Waals surface area contributed by atoms with Crippen LogP contribution in [0.1, 0.15) is 47.1 Å². The molecule has 198 valence electrons. The van der Waals surface area contributed by atoms with Crippen LogP contribution in [0, 0.1) is 6.92 Å². The van der Waals surface area contributed by atoms with Crippen molar-refractivity contribution in [1.82, 2.24) is 23.3 Å². The first-order valence-corrected chi connectivity index (χ1v) is 14.8. The molecule has 8 aromatic rings. The van der Waals surface area contributed by atoms with E-state index in [2.05, 4.69) is 93.1 Å². The lowest BCUT2D eigenvalue weighted by atomic mass is 10.2. The molecule has 0 unspecified atom stereocenters. The number of rotatable bonds is 1. The Morgan fingerprint density at radius 2 is 1.18 bits per heavy atom. The summed E-state index contributed by atoms with van der Waals surface area (Å²) >= 11 is 1.73. The Morgan fingerprint density at radius 1 is 0.564 bits per heavy atom. The van der Waals surface area contributed by atoms with Gasteiger partial charge in [-0.2, -0.15) is 0 Å². The van der Waals surface area contributed by atoms with Gasteiger partial charge in [0.05, 0.1) is 49.0 Å². The lowest BCUT2D eigenvalue weighted by molar-refractivity contribution is 1.11. The highest BCUT2D eigenvalue weighted by atomic mass is 32.1. The third-order valence-corrected chi connectivity index (χ3v) is 7.53. The van der Waals surface area contributed by atoms with Gasteiger partial charge in [0.15, 0.2) is 4.96 Å². The van der Waals surface area contributed by atoms with E-state index in [1.807, 2.05) is 53.7 Å². The molecule has 0 radical (unpaired) electrons. The molecule has 4 aromatic carbocycles. The molecule has 0 aliphatic carbocycles. The quantitative estimate of drug-likeness (QED) is 0.211. The number of nitrogens with zero attached hydrogens (tertiary/aromatic N) is 5. The largest absolute Gasteiger partial charge is 0.283 e. The van der Waals surface area contributed by atoms with Crippen LogP contribution in [0.2, 0.25) is 0 Å². The van der Waals surface area contributed by atoms with Crippen LogP contribution < -0.4 is 0 Å². The van der Waals surface area contributed by atoms with E-state index in [4.69, 9.17) is 9.97 Å². The summed E-state index contributed by atoms with van der Waals surface area (Å²) in [5.74, 6) is 0.933. The van der Waals surface area contributed by atoms with Crippen LogP contribution in [0.3, 0.4) is 0 Å². The zero-order chi connectivity index (χ0) is 27.7. The van der Waals surface area contributed by atoms with Crippen molar-refractivity contribution in [3.8, 4) is 5.69 Å². The lowest BCUT2D eigenvalue weighted by Gasteiger charge is -2.06. The average molecular weight is 534 g/mol. The molecule has 8 rings (SSSR count).